The molecule has 3 heteroatoms. The van der Waals surface area contributed by atoms with Crippen LogP contribution < -0.4 is 10.1 Å². The first kappa shape index (κ1) is 16.1. The van der Waals surface area contributed by atoms with Crippen LogP contribution in [0, 0.1) is 0 Å². The van der Waals surface area contributed by atoms with Crippen LogP contribution in [0.3, 0.4) is 0 Å². The first-order chi connectivity index (χ1) is 10.2. The molecule has 21 heavy (non-hydrogen) atoms. The Balaban J connectivity index is 2.01. The van der Waals surface area contributed by atoms with Gasteiger partial charge in [-0.3, -0.25) is 4.90 Å². The molecule has 0 saturated carbocycles. The van der Waals surface area contributed by atoms with Crippen molar-refractivity contribution in [2.75, 3.05) is 33.3 Å². The van der Waals surface area contributed by atoms with E-state index >= 15 is 0 Å². The zero-order valence-electron chi connectivity index (χ0n) is 13.6. The van der Waals surface area contributed by atoms with Crippen molar-refractivity contribution >= 4 is 0 Å². The average molecular weight is 288 g/mol. The van der Waals surface area contributed by atoms with Crippen LogP contribution in [-0.2, 0) is 0 Å². The maximum absolute atomic E-state index is 5.26. The summed E-state index contributed by atoms with van der Waals surface area (Å²) in [5, 5.41) is 3.57. The molecule has 116 valence electrons. The lowest BCUT2D eigenvalue weighted by molar-refractivity contribution is 0.240. The summed E-state index contributed by atoms with van der Waals surface area (Å²) in [5.41, 5.74) is 2.74. The highest BCUT2D eigenvalue weighted by Crippen LogP contribution is 2.26. The second-order valence-corrected chi connectivity index (χ2v) is 5.97. The van der Waals surface area contributed by atoms with Crippen LogP contribution in [0.2, 0.25) is 0 Å². The Bertz CT molecular complexity index is 443. The molecule has 1 heterocycles. The maximum Gasteiger partial charge on any atom is 0.118 e. The Morgan fingerprint density at radius 1 is 1.24 bits per heavy atom. The molecule has 0 amide bonds. The number of allylic oxidation sites excluding steroid dienone is 1. The van der Waals surface area contributed by atoms with Crippen molar-refractivity contribution in [3.63, 3.8) is 0 Å². The van der Waals surface area contributed by atoms with E-state index in [0.717, 1.165) is 18.8 Å². The Morgan fingerprint density at radius 2 is 1.90 bits per heavy atom. The molecule has 0 aromatic heterocycles. The van der Waals surface area contributed by atoms with Gasteiger partial charge in [-0.25, -0.2) is 0 Å². The average Bonchev–Trinajstić information content (AvgIpc) is 3.01. The highest BCUT2D eigenvalue weighted by Gasteiger charge is 2.22. The second-order valence-electron chi connectivity index (χ2n) is 5.97. The van der Waals surface area contributed by atoms with Gasteiger partial charge in [-0.05, 0) is 57.5 Å². The summed E-state index contributed by atoms with van der Waals surface area (Å²) < 4.78 is 5.26. The molecule has 1 aromatic carbocycles. The van der Waals surface area contributed by atoms with Crippen molar-refractivity contribution in [1.29, 1.82) is 0 Å². The van der Waals surface area contributed by atoms with E-state index < -0.39 is 0 Å². The summed E-state index contributed by atoms with van der Waals surface area (Å²) in [7, 11) is 1.72. The zero-order valence-corrected chi connectivity index (χ0v) is 13.6. The van der Waals surface area contributed by atoms with Crippen LogP contribution in [-0.4, -0.2) is 38.2 Å². The molecule has 0 spiro atoms. The summed E-state index contributed by atoms with van der Waals surface area (Å²) >= 11 is 0. The Labute approximate surface area is 129 Å². The van der Waals surface area contributed by atoms with Crippen LogP contribution in [0.25, 0.3) is 0 Å². The van der Waals surface area contributed by atoms with Crippen molar-refractivity contribution in [2.24, 2.45) is 0 Å². The molecule has 0 radical (unpaired) electrons. The van der Waals surface area contributed by atoms with Gasteiger partial charge in [0.2, 0.25) is 0 Å². The van der Waals surface area contributed by atoms with Crippen LogP contribution in [0.15, 0.2) is 35.9 Å². The van der Waals surface area contributed by atoms with Crippen molar-refractivity contribution in [1.82, 2.24) is 10.2 Å². The first-order valence-corrected chi connectivity index (χ1v) is 7.93. The topological polar surface area (TPSA) is 24.5 Å². The second kappa shape index (κ2) is 8.20. The van der Waals surface area contributed by atoms with Gasteiger partial charge in [-0.15, -0.1) is 0 Å². The predicted molar refractivity (Wildman–Crippen MR) is 88.8 cm³/mol. The number of likely N-dealkylation sites (tertiary alicyclic amines) is 1. The van der Waals surface area contributed by atoms with E-state index in [9.17, 15) is 0 Å². The quantitative estimate of drug-likeness (QED) is 0.615. The minimum atomic E-state index is 0.462. The Morgan fingerprint density at radius 3 is 2.48 bits per heavy atom. The molecule has 1 saturated heterocycles. The lowest BCUT2D eigenvalue weighted by Gasteiger charge is -2.28. The summed E-state index contributed by atoms with van der Waals surface area (Å²) in [6, 6.07) is 8.99. The molecular weight excluding hydrogens is 260 g/mol. The number of ether oxygens (including phenoxy) is 1. The van der Waals surface area contributed by atoms with E-state index in [1.807, 2.05) is 0 Å². The number of rotatable bonds is 7. The van der Waals surface area contributed by atoms with E-state index in [-0.39, 0.29) is 0 Å². The highest BCUT2D eigenvalue weighted by molar-refractivity contribution is 5.29. The van der Waals surface area contributed by atoms with Crippen LogP contribution in [0.1, 0.15) is 38.3 Å². The molecule has 1 fully saturated rings. The lowest BCUT2D eigenvalue weighted by atomic mass is 10.1. The molecular formula is C18H28N2O. The summed E-state index contributed by atoms with van der Waals surface area (Å²) in [6.07, 6.45) is 4.89. The monoisotopic (exact) mass is 288 g/mol. The minimum Gasteiger partial charge on any atom is -0.497 e. The maximum atomic E-state index is 5.26. The van der Waals surface area contributed by atoms with Gasteiger partial charge in [0, 0.05) is 19.1 Å². The summed E-state index contributed by atoms with van der Waals surface area (Å²) in [6.45, 7) is 8.65. The molecule has 1 unspecified atom stereocenters. The largest absolute Gasteiger partial charge is 0.497 e. The van der Waals surface area contributed by atoms with Gasteiger partial charge in [-0.1, -0.05) is 23.8 Å². The van der Waals surface area contributed by atoms with Crippen LogP contribution in [0.4, 0.5) is 0 Å². The fraction of sp³-hybridized carbons (Fsp3) is 0.556. The van der Waals surface area contributed by atoms with Gasteiger partial charge in [0.05, 0.1) is 7.11 Å². The first-order valence-electron chi connectivity index (χ1n) is 7.93. The number of benzene rings is 1. The fourth-order valence-corrected chi connectivity index (χ4v) is 2.83. The number of hydrogen-bond acceptors (Lipinski definition) is 3. The minimum absolute atomic E-state index is 0.462. The van der Waals surface area contributed by atoms with Crippen molar-refractivity contribution < 1.29 is 4.74 Å². The Hall–Kier alpha value is -1.32. The third kappa shape index (κ3) is 4.87. The lowest BCUT2D eigenvalue weighted by Crippen LogP contribution is -2.34. The van der Waals surface area contributed by atoms with Gasteiger partial charge in [0.1, 0.15) is 5.75 Å². The fourth-order valence-electron chi connectivity index (χ4n) is 2.83. The molecule has 1 aliphatic heterocycles. The number of methoxy groups -OCH3 is 1. The molecule has 1 N–H and O–H groups in total. The van der Waals surface area contributed by atoms with E-state index in [1.54, 1.807) is 7.11 Å². The zero-order chi connectivity index (χ0) is 15.1. The number of nitrogens with one attached hydrogen (secondary N) is 1. The van der Waals surface area contributed by atoms with Crippen molar-refractivity contribution in [3.8, 4) is 5.75 Å². The van der Waals surface area contributed by atoms with E-state index in [1.165, 1.54) is 37.1 Å². The smallest absolute Gasteiger partial charge is 0.118 e. The molecule has 0 aliphatic carbocycles. The summed E-state index contributed by atoms with van der Waals surface area (Å²) in [4.78, 5) is 2.59. The van der Waals surface area contributed by atoms with Gasteiger partial charge in [-0.2, -0.15) is 0 Å². The SMILES string of the molecule is COc1ccc(C(CNCC=C(C)C)N2CCCC2)cc1. The molecule has 1 aliphatic rings. The van der Waals surface area contributed by atoms with E-state index in [2.05, 4.69) is 54.4 Å². The Kier molecular flexibility index (Phi) is 6.27. The van der Waals surface area contributed by atoms with Gasteiger partial charge < -0.3 is 10.1 Å². The highest BCUT2D eigenvalue weighted by atomic mass is 16.5. The van der Waals surface area contributed by atoms with Crippen molar-refractivity contribution in [3.05, 3.63) is 41.5 Å². The van der Waals surface area contributed by atoms with E-state index in [0.29, 0.717) is 6.04 Å². The third-order valence-corrected chi connectivity index (χ3v) is 4.07. The predicted octanol–water partition coefficient (Wildman–Crippen LogP) is 3.39. The van der Waals surface area contributed by atoms with Gasteiger partial charge in [0.25, 0.3) is 0 Å². The number of nitrogens with zero attached hydrogens (tertiary/aromatic N) is 1. The molecule has 1 aromatic rings. The van der Waals surface area contributed by atoms with Crippen LogP contribution >= 0.6 is 0 Å². The van der Waals surface area contributed by atoms with Crippen molar-refractivity contribution in [2.45, 2.75) is 32.7 Å². The third-order valence-electron chi connectivity index (χ3n) is 4.07. The standard InChI is InChI=1S/C18H28N2O/c1-15(2)10-11-19-14-18(20-12-4-5-13-20)16-6-8-17(21-3)9-7-16/h6-10,18-19H,4-5,11-14H2,1-3H3. The molecule has 3 nitrogen and oxygen atoms in total. The summed E-state index contributed by atoms with van der Waals surface area (Å²) in [5.74, 6) is 0.927. The van der Waals surface area contributed by atoms with E-state index in [4.69, 9.17) is 4.74 Å². The van der Waals surface area contributed by atoms with Gasteiger partial charge >= 0.3 is 0 Å². The number of hydrogen-bond donors (Lipinski definition) is 1. The normalized spacial score (nSPS) is 16.7. The molecule has 2 rings (SSSR count). The van der Waals surface area contributed by atoms with Gasteiger partial charge in [0.15, 0.2) is 0 Å². The van der Waals surface area contributed by atoms with Crippen LogP contribution in [0.5, 0.6) is 5.75 Å². The molecule has 1 atom stereocenters. The molecule has 0 bridgehead atoms.